The van der Waals surface area contributed by atoms with E-state index in [9.17, 15) is 9.59 Å². The number of carbonyl (C=O) groups is 1. The van der Waals surface area contributed by atoms with Crippen LogP contribution in [0.5, 0.6) is 0 Å². The molecule has 110 valence electrons. The summed E-state index contributed by atoms with van der Waals surface area (Å²) in [5.41, 5.74) is 0.539. The lowest BCUT2D eigenvalue weighted by molar-refractivity contribution is -0.149. The van der Waals surface area contributed by atoms with E-state index in [0.29, 0.717) is 18.2 Å². The summed E-state index contributed by atoms with van der Waals surface area (Å²) >= 11 is 0. The summed E-state index contributed by atoms with van der Waals surface area (Å²) < 4.78 is 5.05. The summed E-state index contributed by atoms with van der Waals surface area (Å²) in [6, 6.07) is 1.70. The molecule has 1 saturated carbocycles. The number of aryl methyl sites for hydroxylation is 1. The maximum Gasteiger partial charge on any atom is 0.308 e. The van der Waals surface area contributed by atoms with Crippen LogP contribution < -0.4 is 10.9 Å². The van der Waals surface area contributed by atoms with Crippen LogP contribution in [-0.4, -0.2) is 28.6 Å². The number of anilines is 1. The second kappa shape index (κ2) is 6.54. The van der Waals surface area contributed by atoms with Gasteiger partial charge in [-0.2, -0.15) is 0 Å². The van der Waals surface area contributed by atoms with Crippen LogP contribution in [0.25, 0.3) is 0 Å². The predicted octanol–water partition coefficient (Wildman–Crippen LogP) is 1.61. The van der Waals surface area contributed by atoms with Crippen LogP contribution in [-0.2, 0) is 9.53 Å². The Balaban J connectivity index is 1.88. The van der Waals surface area contributed by atoms with Crippen molar-refractivity contribution in [2.24, 2.45) is 5.92 Å². The number of ether oxygens (including phenoxy) is 1. The van der Waals surface area contributed by atoms with Gasteiger partial charge >= 0.3 is 5.97 Å². The lowest BCUT2D eigenvalue weighted by Gasteiger charge is -2.27. The van der Waals surface area contributed by atoms with Gasteiger partial charge in [0.05, 0.1) is 12.5 Å². The Bertz CT molecular complexity index is 519. The smallest absolute Gasteiger partial charge is 0.308 e. The fourth-order valence-electron chi connectivity index (χ4n) is 2.57. The second-order valence-corrected chi connectivity index (χ2v) is 5.18. The molecule has 1 aromatic rings. The van der Waals surface area contributed by atoms with E-state index in [2.05, 4.69) is 15.3 Å². The molecule has 0 atom stereocenters. The summed E-state index contributed by atoms with van der Waals surface area (Å²) in [6.45, 7) is 4.05. The molecule has 0 bridgehead atoms. The molecule has 2 N–H and O–H groups in total. The molecule has 2 rings (SSSR count). The molecular formula is C14H21N3O3. The minimum atomic E-state index is -0.153. The minimum absolute atomic E-state index is 0.0116. The highest BCUT2D eigenvalue weighted by Gasteiger charge is 2.27. The van der Waals surface area contributed by atoms with E-state index in [-0.39, 0.29) is 23.5 Å². The van der Waals surface area contributed by atoms with Gasteiger partial charge in [0.1, 0.15) is 0 Å². The number of esters is 1. The summed E-state index contributed by atoms with van der Waals surface area (Å²) in [5.74, 6) is 0.431. The van der Waals surface area contributed by atoms with Crippen molar-refractivity contribution in [3.05, 3.63) is 22.1 Å². The fraction of sp³-hybridized carbons (Fsp3) is 0.643. The lowest BCUT2D eigenvalue weighted by atomic mass is 9.86. The van der Waals surface area contributed by atoms with Gasteiger partial charge in [0.25, 0.3) is 5.56 Å². The molecule has 0 unspecified atom stereocenters. The Kier molecular flexibility index (Phi) is 4.76. The molecule has 1 aliphatic carbocycles. The van der Waals surface area contributed by atoms with E-state index in [0.717, 1.165) is 25.7 Å². The SMILES string of the molecule is CCOC(=O)C1CCC(Nc2nc(C)cc(=O)[nH]2)CC1. The molecule has 0 amide bonds. The third kappa shape index (κ3) is 3.82. The van der Waals surface area contributed by atoms with E-state index in [1.807, 2.05) is 6.92 Å². The molecule has 0 aromatic carbocycles. The van der Waals surface area contributed by atoms with Crippen LogP contribution in [0, 0.1) is 12.8 Å². The highest BCUT2D eigenvalue weighted by atomic mass is 16.5. The van der Waals surface area contributed by atoms with Gasteiger partial charge in [-0.3, -0.25) is 14.6 Å². The molecule has 20 heavy (non-hydrogen) atoms. The number of nitrogens with one attached hydrogen (secondary N) is 2. The standard InChI is InChI=1S/C14H21N3O3/c1-3-20-13(19)10-4-6-11(7-5-10)16-14-15-9(2)8-12(18)17-14/h8,10-11H,3-7H2,1-2H3,(H2,15,16,17,18). The number of carbonyl (C=O) groups excluding carboxylic acids is 1. The average molecular weight is 279 g/mol. The Morgan fingerprint density at radius 2 is 2.15 bits per heavy atom. The largest absolute Gasteiger partial charge is 0.466 e. The monoisotopic (exact) mass is 279 g/mol. The first-order chi connectivity index (χ1) is 9.58. The van der Waals surface area contributed by atoms with Crippen LogP contribution in [0.4, 0.5) is 5.95 Å². The second-order valence-electron chi connectivity index (χ2n) is 5.18. The molecule has 0 spiro atoms. The van der Waals surface area contributed by atoms with Crippen molar-refractivity contribution in [1.29, 1.82) is 0 Å². The highest BCUT2D eigenvalue weighted by Crippen LogP contribution is 2.26. The Labute approximate surface area is 118 Å². The minimum Gasteiger partial charge on any atom is -0.466 e. The number of aromatic amines is 1. The third-order valence-corrected chi connectivity index (χ3v) is 3.56. The quantitative estimate of drug-likeness (QED) is 0.818. The van der Waals surface area contributed by atoms with Crippen LogP contribution in [0.2, 0.25) is 0 Å². The van der Waals surface area contributed by atoms with Crippen LogP contribution in [0.15, 0.2) is 10.9 Å². The molecule has 6 nitrogen and oxygen atoms in total. The third-order valence-electron chi connectivity index (χ3n) is 3.56. The first-order valence-corrected chi connectivity index (χ1v) is 7.09. The van der Waals surface area contributed by atoms with Crippen LogP contribution >= 0.6 is 0 Å². The van der Waals surface area contributed by atoms with Crippen molar-refractivity contribution in [2.75, 3.05) is 11.9 Å². The summed E-state index contributed by atoms with van der Waals surface area (Å²) in [4.78, 5) is 30.0. The van der Waals surface area contributed by atoms with Gasteiger partial charge < -0.3 is 10.1 Å². The lowest BCUT2D eigenvalue weighted by Crippen LogP contribution is -2.31. The first-order valence-electron chi connectivity index (χ1n) is 7.09. The van der Waals surface area contributed by atoms with Gasteiger partial charge in [0.2, 0.25) is 5.95 Å². The van der Waals surface area contributed by atoms with E-state index >= 15 is 0 Å². The maximum atomic E-state index is 11.6. The van der Waals surface area contributed by atoms with Gasteiger partial charge in [-0.1, -0.05) is 0 Å². The number of H-pyrrole nitrogens is 1. The topological polar surface area (TPSA) is 84.1 Å². The summed E-state index contributed by atoms with van der Waals surface area (Å²) in [7, 11) is 0. The molecule has 1 aliphatic rings. The molecular weight excluding hydrogens is 258 g/mol. The van der Waals surface area contributed by atoms with Gasteiger partial charge in [-0.05, 0) is 39.5 Å². The number of hydrogen-bond donors (Lipinski definition) is 2. The normalized spacial score (nSPS) is 22.3. The molecule has 1 aromatic heterocycles. The molecule has 0 radical (unpaired) electrons. The van der Waals surface area contributed by atoms with Crippen molar-refractivity contribution in [1.82, 2.24) is 9.97 Å². The zero-order chi connectivity index (χ0) is 14.5. The van der Waals surface area contributed by atoms with E-state index < -0.39 is 0 Å². The first kappa shape index (κ1) is 14.6. The van der Waals surface area contributed by atoms with E-state index in [4.69, 9.17) is 4.74 Å². The summed E-state index contributed by atoms with van der Waals surface area (Å²) in [5, 5.41) is 3.24. The number of hydrogen-bond acceptors (Lipinski definition) is 5. The molecule has 6 heteroatoms. The van der Waals surface area contributed by atoms with Crippen molar-refractivity contribution in [3.8, 4) is 0 Å². The zero-order valence-corrected chi connectivity index (χ0v) is 11.9. The van der Waals surface area contributed by atoms with Crippen molar-refractivity contribution in [2.45, 2.75) is 45.6 Å². The van der Waals surface area contributed by atoms with Crippen molar-refractivity contribution in [3.63, 3.8) is 0 Å². The molecule has 0 aliphatic heterocycles. The van der Waals surface area contributed by atoms with E-state index in [1.165, 1.54) is 6.07 Å². The zero-order valence-electron chi connectivity index (χ0n) is 11.9. The fourth-order valence-corrected chi connectivity index (χ4v) is 2.57. The Morgan fingerprint density at radius 3 is 2.75 bits per heavy atom. The number of aromatic nitrogens is 2. The molecule has 1 heterocycles. The van der Waals surface area contributed by atoms with Crippen LogP contribution in [0.1, 0.15) is 38.3 Å². The van der Waals surface area contributed by atoms with Crippen molar-refractivity contribution >= 4 is 11.9 Å². The Hall–Kier alpha value is -1.85. The van der Waals surface area contributed by atoms with Gasteiger partial charge in [-0.25, -0.2) is 4.98 Å². The number of nitrogens with zero attached hydrogens (tertiary/aromatic N) is 1. The average Bonchev–Trinajstić information content (AvgIpc) is 2.38. The molecule has 1 fully saturated rings. The van der Waals surface area contributed by atoms with Gasteiger partial charge in [0, 0.05) is 17.8 Å². The predicted molar refractivity (Wildman–Crippen MR) is 75.6 cm³/mol. The number of rotatable bonds is 4. The van der Waals surface area contributed by atoms with Gasteiger partial charge in [0.15, 0.2) is 0 Å². The Morgan fingerprint density at radius 1 is 1.45 bits per heavy atom. The molecule has 0 saturated heterocycles. The van der Waals surface area contributed by atoms with Crippen molar-refractivity contribution < 1.29 is 9.53 Å². The summed E-state index contributed by atoms with van der Waals surface area (Å²) in [6.07, 6.45) is 3.38. The van der Waals surface area contributed by atoms with Gasteiger partial charge in [-0.15, -0.1) is 0 Å². The maximum absolute atomic E-state index is 11.6. The van der Waals surface area contributed by atoms with E-state index in [1.54, 1.807) is 6.92 Å². The van der Waals surface area contributed by atoms with Crippen LogP contribution in [0.3, 0.4) is 0 Å². The highest BCUT2D eigenvalue weighted by molar-refractivity contribution is 5.72.